The Morgan fingerprint density at radius 3 is 1.18 bits per heavy atom. The maximum Gasteiger partial charge on any atom is 1.00 e. The van der Waals surface area contributed by atoms with E-state index in [1.54, 1.807) is 33.7 Å². The summed E-state index contributed by atoms with van der Waals surface area (Å²) in [5.74, 6) is -0.774. The predicted molar refractivity (Wildman–Crippen MR) is 171 cm³/mol. The summed E-state index contributed by atoms with van der Waals surface area (Å²) >= 11 is 0. The Balaban J connectivity index is 0.000000329. The van der Waals surface area contributed by atoms with Crippen LogP contribution in [0.3, 0.4) is 0 Å². The van der Waals surface area contributed by atoms with E-state index in [-0.39, 0.29) is 77.6 Å². The second kappa shape index (κ2) is 19.8. The van der Waals surface area contributed by atoms with E-state index >= 15 is 0 Å². The maximum absolute atomic E-state index is 11.5. The Morgan fingerprint density at radius 2 is 0.932 bits per heavy atom. The van der Waals surface area contributed by atoms with Crippen molar-refractivity contribution < 1.29 is 53.2 Å². The van der Waals surface area contributed by atoms with Crippen LogP contribution >= 0.6 is 0 Å². The summed E-state index contributed by atoms with van der Waals surface area (Å²) in [4.78, 5) is 51.7. The van der Waals surface area contributed by atoms with Gasteiger partial charge >= 0.3 is 41.6 Å². The third-order valence-electron chi connectivity index (χ3n) is 9.91. The van der Waals surface area contributed by atoms with Crippen molar-refractivity contribution in [2.24, 2.45) is 11.5 Å². The minimum atomic E-state index is -0.387. The molecule has 0 aliphatic carbocycles. The summed E-state index contributed by atoms with van der Waals surface area (Å²) in [6.45, 7) is 16.3. The van der Waals surface area contributed by atoms with Crippen molar-refractivity contribution in [1.82, 2.24) is 19.6 Å². The van der Waals surface area contributed by atoms with Crippen LogP contribution in [0.2, 0.25) is 0 Å². The molecule has 4 aliphatic heterocycles. The van der Waals surface area contributed by atoms with Gasteiger partial charge in [0, 0.05) is 27.2 Å². The molecule has 4 rings (SSSR count). The molecule has 0 saturated carbocycles. The molecule has 0 spiro atoms. The molecule has 0 aromatic carbocycles. The molecular weight excluding hydrogens is 569 g/mol. The van der Waals surface area contributed by atoms with Crippen molar-refractivity contribution in [2.45, 2.75) is 129 Å². The summed E-state index contributed by atoms with van der Waals surface area (Å²) in [5.41, 5.74) is 10.4. The van der Waals surface area contributed by atoms with Crippen LogP contribution in [-0.2, 0) is 9.59 Å². The second-order valence-electron chi connectivity index (χ2n) is 13.0. The predicted octanol–water partition coefficient (Wildman–Crippen LogP) is 0.748. The van der Waals surface area contributed by atoms with Crippen LogP contribution in [0.1, 0.15) is 105 Å². The van der Waals surface area contributed by atoms with Gasteiger partial charge in [0.05, 0.1) is 38.3 Å². The van der Waals surface area contributed by atoms with Crippen molar-refractivity contribution in [3.8, 4) is 0 Å². The van der Waals surface area contributed by atoms with Gasteiger partial charge in [0.25, 0.3) is 0 Å². The fourth-order valence-electron chi connectivity index (χ4n) is 6.91. The number of urea groups is 2. The minimum Gasteiger partial charge on any atom is -0.368 e. The number of carbonyl (C=O) groups is 4. The van der Waals surface area contributed by atoms with Gasteiger partial charge < -0.3 is 35.6 Å². The molecule has 44 heavy (non-hydrogen) atoms. The Kier molecular flexibility index (Phi) is 18.2. The molecule has 4 fully saturated rings. The number of rotatable bonds is 14. The van der Waals surface area contributed by atoms with Gasteiger partial charge in [-0.3, -0.25) is 9.59 Å². The number of unbranched alkanes of at least 4 members (excludes halogenated alkanes) is 4. The zero-order valence-corrected chi connectivity index (χ0v) is 31.1. The van der Waals surface area contributed by atoms with E-state index in [1.165, 1.54) is 82.0 Å². The molecule has 4 bridgehead atoms. The number of carbonyl (C=O) groups excluding carboxylic acids is 4. The smallest absolute Gasteiger partial charge is 0.368 e. The quantitative estimate of drug-likeness (QED) is 0.216. The minimum absolute atomic E-state index is 0. The van der Waals surface area contributed by atoms with E-state index in [2.05, 4.69) is 27.7 Å². The van der Waals surface area contributed by atoms with Gasteiger partial charge in [-0.15, -0.1) is 0 Å². The summed E-state index contributed by atoms with van der Waals surface area (Å²) in [5, 5.41) is 0. The largest absolute Gasteiger partial charge is 1.00 e. The number of nitrogens with zero attached hydrogens (tertiary/aromatic N) is 5. The number of fused-ring (bicyclic) bond motifs is 4. The van der Waals surface area contributed by atoms with E-state index < -0.39 is 0 Å². The normalized spacial score (nSPS) is 23.9. The van der Waals surface area contributed by atoms with Crippen LogP contribution in [0.5, 0.6) is 0 Å². The van der Waals surface area contributed by atoms with Gasteiger partial charge in [0.15, 0.2) is 0 Å². The monoisotopic (exact) mass is 631 g/mol. The number of nitrogens with two attached hydrogens (primary N) is 2. The third-order valence-corrected chi connectivity index (χ3v) is 9.91. The number of primary amides is 2. The number of hydrogen-bond acceptors (Lipinski definition) is 4. The first-order valence-electron chi connectivity index (χ1n) is 17.0. The Labute approximate surface area is 289 Å². The zero-order chi connectivity index (χ0) is 32.2. The maximum atomic E-state index is 11.5. The first-order valence-corrected chi connectivity index (χ1v) is 17.0. The third kappa shape index (κ3) is 10.8. The topological polar surface area (TPSA) is 133 Å². The molecule has 6 amide bonds. The first-order chi connectivity index (χ1) is 20.5. The van der Waals surface area contributed by atoms with Gasteiger partial charge in [-0.2, -0.15) is 0 Å². The fourth-order valence-corrected chi connectivity index (χ4v) is 6.91. The van der Waals surface area contributed by atoms with Crippen molar-refractivity contribution in [3.05, 3.63) is 0 Å². The van der Waals surface area contributed by atoms with Crippen LogP contribution in [-0.4, -0.2) is 125 Å². The summed E-state index contributed by atoms with van der Waals surface area (Å²) in [6, 6.07) is -0.328. The van der Waals surface area contributed by atoms with E-state index in [0.29, 0.717) is 25.9 Å². The van der Waals surface area contributed by atoms with E-state index in [4.69, 9.17) is 11.5 Å². The molecule has 0 unspecified atom stereocenters. The van der Waals surface area contributed by atoms with Gasteiger partial charge in [-0.25, -0.2) is 9.59 Å². The molecule has 0 radical (unpaired) electrons. The Bertz CT molecular complexity index is 832. The number of likely N-dealkylation sites (N-methyl/N-ethyl adjacent to an activating group) is 2. The summed E-state index contributed by atoms with van der Waals surface area (Å²) in [7, 11) is 3.55. The molecular formula is C32H62N7NaO4+2. The van der Waals surface area contributed by atoms with Crippen LogP contribution in [0.25, 0.3) is 0 Å². The molecule has 0 aromatic heterocycles. The van der Waals surface area contributed by atoms with Gasteiger partial charge in [0.1, 0.15) is 12.1 Å². The van der Waals surface area contributed by atoms with Gasteiger partial charge in [-0.1, -0.05) is 53.4 Å². The molecule has 4 N–H and O–H groups in total. The second-order valence-corrected chi connectivity index (χ2v) is 13.0. The van der Waals surface area contributed by atoms with Gasteiger partial charge in [-0.05, 0) is 51.4 Å². The first kappa shape index (κ1) is 40.5. The Morgan fingerprint density at radius 1 is 0.636 bits per heavy atom. The van der Waals surface area contributed by atoms with Crippen molar-refractivity contribution >= 4 is 23.9 Å². The van der Waals surface area contributed by atoms with Crippen molar-refractivity contribution in [2.75, 3.05) is 53.4 Å². The average Bonchev–Trinajstić information content (AvgIpc) is 3.35. The van der Waals surface area contributed by atoms with E-state index in [9.17, 15) is 19.2 Å². The zero-order valence-electron chi connectivity index (χ0n) is 29.1. The van der Waals surface area contributed by atoms with Crippen molar-refractivity contribution in [1.29, 1.82) is 0 Å². The molecule has 4 saturated heterocycles. The molecule has 12 heteroatoms. The van der Waals surface area contributed by atoms with Crippen LogP contribution < -0.4 is 41.0 Å². The summed E-state index contributed by atoms with van der Waals surface area (Å²) in [6.07, 6.45) is 14.2. The molecule has 4 aliphatic rings. The SMILES string of the molecule is CCCC[N+](CCCC)(CCCC)CCCC.CN1C(=O)N2C[C@H]1CC[C@H]2C(N)=O.CN1C(=O)N2C[C@H]1CC[C@H]2C(N)=O.[Na+]. The average molecular weight is 632 g/mol. The van der Waals surface area contributed by atoms with E-state index in [0.717, 1.165) is 12.8 Å². The molecule has 248 valence electrons. The molecule has 4 atom stereocenters. The molecule has 11 nitrogen and oxygen atoms in total. The molecule has 4 heterocycles. The standard InChI is InChI=1S/C16H36N.2C8H13N3O2.Na/c1-5-9-13-17(14-10-6-2,15-11-7-3)16-12-8-4;2*1-10-5-2-3-6(7(9)12)11(4-5)8(10)13;/h5-16H2,1-4H3;2*5-6H,2-4H2,1H3,(H2,9,12);/q+1;;;+1/t;2*5-,6+;/m.11./s1. The van der Waals surface area contributed by atoms with E-state index in [1.807, 2.05) is 0 Å². The van der Waals surface area contributed by atoms with Crippen LogP contribution in [0, 0.1) is 0 Å². The molecule has 0 aromatic rings. The summed E-state index contributed by atoms with van der Waals surface area (Å²) < 4.78 is 1.42. The van der Waals surface area contributed by atoms with Crippen LogP contribution in [0.15, 0.2) is 0 Å². The number of hydrogen-bond donors (Lipinski definition) is 2. The van der Waals surface area contributed by atoms with Crippen molar-refractivity contribution in [3.63, 3.8) is 0 Å². The number of piperidine rings is 2. The number of amides is 6. The van der Waals surface area contributed by atoms with Gasteiger partial charge in [0.2, 0.25) is 11.8 Å². The van der Waals surface area contributed by atoms with Crippen LogP contribution in [0.4, 0.5) is 9.59 Å². The number of quaternary nitrogens is 1. The Hall–Kier alpha value is -1.56. The fraction of sp³-hybridized carbons (Fsp3) is 0.875.